The van der Waals surface area contributed by atoms with Crippen LogP contribution in [0.4, 0.5) is 10.5 Å². The Morgan fingerprint density at radius 2 is 1.94 bits per heavy atom. The van der Waals surface area contributed by atoms with Gasteiger partial charge in [-0.15, -0.1) is 0 Å². The molecule has 0 atom stereocenters. The number of imide groups is 2. The summed E-state index contributed by atoms with van der Waals surface area (Å²) in [6.07, 6.45) is 1.26. The summed E-state index contributed by atoms with van der Waals surface area (Å²) in [6.45, 7) is 1.51. The van der Waals surface area contributed by atoms with Gasteiger partial charge in [0.1, 0.15) is 23.7 Å². The van der Waals surface area contributed by atoms with Gasteiger partial charge in [-0.3, -0.25) is 14.9 Å². The number of aliphatic carboxylic acids is 1. The first-order valence-corrected chi connectivity index (χ1v) is 9.44. The Balaban J connectivity index is 1.91. The predicted molar refractivity (Wildman–Crippen MR) is 109 cm³/mol. The van der Waals surface area contributed by atoms with Crippen LogP contribution in [0.15, 0.2) is 48.0 Å². The summed E-state index contributed by atoms with van der Waals surface area (Å²) in [7, 11) is 0. The summed E-state index contributed by atoms with van der Waals surface area (Å²) >= 11 is 6.07. The van der Waals surface area contributed by atoms with E-state index in [1.807, 2.05) is 0 Å². The van der Waals surface area contributed by atoms with Gasteiger partial charge in [0.05, 0.1) is 23.3 Å². The number of hydrogen-bond donors (Lipinski definition) is 1. The lowest BCUT2D eigenvalue weighted by Gasteiger charge is -2.26. The standard InChI is InChI=1S/C21H17ClN2O7/c1-2-30-14-5-3-4-13(10-14)24-20(28)15(19(27)23-21(24)29)8-12-6-7-17(16(22)9-12)31-11-18(25)26/h3-10H,2,11H2,1H3,(H,25,26)(H,23,27,29)/p-1/b15-8+. The van der Waals surface area contributed by atoms with Crippen molar-refractivity contribution in [2.24, 2.45) is 0 Å². The SMILES string of the molecule is CCOc1cccc(N2C(=O)NC(=O)/C(=C\c3ccc(OCC(=O)[O-])c(Cl)c3)C2=O)c1. The molecule has 4 amide bonds. The van der Waals surface area contributed by atoms with Gasteiger partial charge >= 0.3 is 6.03 Å². The first-order chi connectivity index (χ1) is 14.8. The van der Waals surface area contributed by atoms with Gasteiger partial charge in [0.15, 0.2) is 0 Å². The maximum atomic E-state index is 13.0. The second kappa shape index (κ2) is 9.31. The number of carbonyl (C=O) groups excluding carboxylic acids is 4. The first kappa shape index (κ1) is 21.8. The largest absolute Gasteiger partial charge is 0.546 e. The molecule has 10 heteroatoms. The fraction of sp³-hybridized carbons (Fsp3) is 0.143. The van der Waals surface area contributed by atoms with E-state index in [9.17, 15) is 24.3 Å². The highest BCUT2D eigenvalue weighted by Gasteiger charge is 2.37. The summed E-state index contributed by atoms with van der Waals surface area (Å²) in [4.78, 5) is 48.9. The second-order valence-electron chi connectivity index (χ2n) is 6.24. The van der Waals surface area contributed by atoms with Crippen molar-refractivity contribution >= 4 is 47.2 Å². The van der Waals surface area contributed by atoms with Crippen LogP contribution in [0.25, 0.3) is 6.08 Å². The fourth-order valence-corrected chi connectivity index (χ4v) is 3.04. The van der Waals surface area contributed by atoms with E-state index in [-0.39, 0.29) is 22.0 Å². The zero-order valence-electron chi connectivity index (χ0n) is 16.2. The summed E-state index contributed by atoms with van der Waals surface area (Å²) in [5.74, 6) is -2.54. The lowest BCUT2D eigenvalue weighted by atomic mass is 10.1. The van der Waals surface area contributed by atoms with E-state index in [4.69, 9.17) is 21.1 Å². The third kappa shape index (κ3) is 5.01. The Bertz CT molecular complexity index is 1100. The summed E-state index contributed by atoms with van der Waals surface area (Å²) in [5, 5.41) is 12.7. The number of amides is 4. The Hall–Kier alpha value is -3.85. The van der Waals surface area contributed by atoms with Crippen molar-refractivity contribution in [1.29, 1.82) is 0 Å². The topological polar surface area (TPSA) is 125 Å². The van der Waals surface area contributed by atoms with Gasteiger partial charge in [0.2, 0.25) is 0 Å². The van der Waals surface area contributed by atoms with Crippen LogP contribution in [0.2, 0.25) is 5.02 Å². The molecular weight excluding hydrogens is 428 g/mol. The highest BCUT2D eigenvalue weighted by atomic mass is 35.5. The van der Waals surface area contributed by atoms with Gasteiger partial charge in [0, 0.05) is 6.07 Å². The summed E-state index contributed by atoms with van der Waals surface area (Å²) in [6, 6.07) is 9.69. The van der Waals surface area contributed by atoms with Gasteiger partial charge in [-0.1, -0.05) is 23.7 Å². The molecule has 1 saturated heterocycles. The van der Waals surface area contributed by atoms with Crippen LogP contribution in [0.5, 0.6) is 11.5 Å². The van der Waals surface area contributed by atoms with Crippen molar-refractivity contribution in [3.8, 4) is 11.5 Å². The third-order valence-corrected chi connectivity index (χ3v) is 4.40. The molecule has 31 heavy (non-hydrogen) atoms. The molecule has 1 fully saturated rings. The molecule has 1 N–H and O–H groups in total. The second-order valence-corrected chi connectivity index (χ2v) is 6.65. The molecule has 0 aromatic heterocycles. The molecular formula is C21H16ClN2O7-. The molecule has 2 aromatic carbocycles. The lowest BCUT2D eigenvalue weighted by molar-refractivity contribution is -0.307. The van der Waals surface area contributed by atoms with Gasteiger partial charge in [-0.25, -0.2) is 9.69 Å². The van der Waals surface area contributed by atoms with Crippen LogP contribution in [0.3, 0.4) is 0 Å². The van der Waals surface area contributed by atoms with Crippen molar-refractivity contribution in [2.75, 3.05) is 18.1 Å². The van der Waals surface area contributed by atoms with E-state index >= 15 is 0 Å². The summed E-state index contributed by atoms with van der Waals surface area (Å²) < 4.78 is 10.4. The average molecular weight is 444 g/mol. The van der Waals surface area contributed by atoms with Crippen LogP contribution >= 0.6 is 11.6 Å². The van der Waals surface area contributed by atoms with Crippen molar-refractivity contribution in [2.45, 2.75) is 6.92 Å². The molecule has 1 aliphatic rings. The molecule has 0 saturated carbocycles. The normalized spacial score (nSPS) is 15.1. The van der Waals surface area contributed by atoms with Crippen molar-refractivity contribution in [3.63, 3.8) is 0 Å². The average Bonchev–Trinajstić information content (AvgIpc) is 2.71. The van der Waals surface area contributed by atoms with E-state index in [2.05, 4.69) is 5.32 Å². The van der Waals surface area contributed by atoms with E-state index < -0.39 is 30.4 Å². The van der Waals surface area contributed by atoms with Gasteiger partial charge in [-0.2, -0.15) is 0 Å². The van der Waals surface area contributed by atoms with Crippen molar-refractivity contribution < 1.29 is 33.8 Å². The monoisotopic (exact) mass is 443 g/mol. The highest BCUT2D eigenvalue weighted by Crippen LogP contribution is 2.28. The minimum atomic E-state index is -1.41. The fourth-order valence-electron chi connectivity index (χ4n) is 2.80. The molecule has 160 valence electrons. The zero-order chi connectivity index (χ0) is 22.5. The van der Waals surface area contributed by atoms with Crippen molar-refractivity contribution in [3.05, 3.63) is 58.6 Å². The van der Waals surface area contributed by atoms with E-state index in [0.29, 0.717) is 17.9 Å². The van der Waals surface area contributed by atoms with Crippen LogP contribution in [-0.2, 0) is 14.4 Å². The summed E-state index contributed by atoms with van der Waals surface area (Å²) in [5.41, 5.74) is 0.304. The number of carbonyl (C=O) groups is 4. The smallest absolute Gasteiger partial charge is 0.335 e. The van der Waals surface area contributed by atoms with Crippen LogP contribution in [-0.4, -0.2) is 37.0 Å². The Kier molecular flexibility index (Phi) is 6.56. The molecule has 2 aromatic rings. The number of hydrogen-bond acceptors (Lipinski definition) is 7. The molecule has 0 bridgehead atoms. The number of carboxylic acids is 1. The maximum Gasteiger partial charge on any atom is 0.335 e. The molecule has 1 aliphatic heterocycles. The molecule has 0 unspecified atom stereocenters. The molecule has 9 nitrogen and oxygen atoms in total. The number of rotatable bonds is 7. The quantitative estimate of drug-likeness (QED) is 0.508. The Morgan fingerprint density at radius 3 is 2.61 bits per heavy atom. The number of nitrogens with zero attached hydrogens (tertiary/aromatic N) is 1. The number of nitrogens with one attached hydrogen (secondary N) is 1. The van der Waals surface area contributed by atoms with Crippen LogP contribution < -0.4 is 24.8 Å². The number of urea groups is 1. The number of benzene rings is 2. The number of barbiturate groups is 1. The lowest BCUT2D eigenvalue weighted by Crippen LogP contribution is -2.54. The maximum absolute atomic E-state index is 13.0. The molecule has 0 radical (unpaired) electrons. The highest BCUT2D eigenvalue weighted by molar-refractivity contribution is 6.39. The van der Waals surface area contributed by atoms with Gasteiger partial charge in [0.25, 0.3) is 11.8 Å². The van der Waals surface area contributed by atoms with E-state index in [1.54, 1.807) is 19.1 Å². The van der Waals surface area contributed by atoms with Crippen molar-refractivity contribution in [1.82, 2.24) is 5.32 Å². The van der Waals surface area contributed by atoms with Crippen LogP contribution in [0.1, 0.15) is 12.5 Å². The third-order valence-electron chi connectivity index (χ3n) is 4.10. The Labute approximate surface area is 181 Å². The minimum absolute atomic E-state index is 0.0663. The van der Waals surface area contributed by atoms with Gasteiger partial charge in [-0.05, 0) is 42.8 Å². The number of carboxylic acid groups (broad SMARTS) is 1. The molecule has 1 heterocycles. The number of halogens is 1. The molecule has 0 spiro atoms. The molecule has 3 rings (SSSR count). The number of anilines is 1. The molecule has 0 aliphatic carbocycles. The van der Waals surface area contributed by atoms with Crippen LogP contribution in [0, 0.1) is 0 Å². The number of ether oxygens (including phenoxy) is 2. The Morgan fingerprint density at radius 1 is 1.16 bits per heavy atom. The first-order valence-electron chi connectivity index (χ1n) is 9.06. The predicted octanol–water partition coefficient (Wildman–Crippen LogP) is 1.53. The van der Waals surface area contributed by atoms with Gasteiger partial charge < -0.3 is 19.4 Å². The minimum Gasteiger partial charge on any atom is -0.546 e. The zero-order valence-corrected chi connectivity index (χ0v) is 17.0. The van der Waals surface area contributed by atoms with E-state index in [0.717, 1.165) is 4.90 Å². The van der Waals surface area contributed by atoms with E-state index in [1.165, 1.54) is 36.4 Å².